The van der Waals surface area contributed by atoms with Crippen LogP contribution >= 0.6 is 0 Å². The lowest BCUT2D eigenvalue weighted by Crippen LogP contribution is -2.42. The fraction of sp³-hybridized carbons (Fsp3) is 0.500. The minimum Gasteiger partial charge on any atom is -0.491 e. The molecule has 1 aliphatic heterocycles. The van der Waals surface area contributed by atoms with Crippen LogP contribution in [0.1, 0.15) is 0 Å². The molecule has 1 aromatic rings. The van der Waals surface area contributed by atoms with Gasteiger partial charge in [0.2, 0.25) is 10.0 Å². The molecule has 1 unspecified atom stereocenters. The van der Waals surface area contributed by atoms with Gasteiger partial charge in [0.1, 0.15) is 18.5 Å². The largest absolute Gasteiger partial charge is 0.491 e. The number of nitrogens with zero attached hydrogens (tertiary/aromatic N) is 1. The lowest BCUT2D eigenvalue weighted by molar-refractivity contribution is -0.0403. The van der Waals surface area contributed by atoms with E-state index in [1.54, 1.807) is 12.1 Å². The topological polar surface area (TPSA) is 81.9 Å². The van der Waals surface area contributed by atoms with Crippen molar-refractivity contribution < 1.29 is 17.9 Å². The first-order valence-corrected chi connectivity index (χ1v) is 7.55. The number of nitrogens with two attached hydrogens (primary N) is 1. The van der Waals surface area contributed by atoms with Crippen LogP contribution in [0.5, 0.6) is 5.75 Å². The molecule has 0 bridgehead atoms. The number of ether oxygens (including phenoxy) is 2. The Morgan fingerprint density at radius 3 is 2.68 bits per heavy atom. The van der Waals surface area contributed by atoms with Crippen molar-refractivity contribution >= 4 is 10.0 Å². The molecule has 1 fully saturated rings. The maximum absolute atomic E-state index is 11.1. The Labute approximate surface area is 113 Å². The van der Waals surface area contributed by atoms with E-state index in [-0.39, 0.29) is 11.0 Å². The van der Waals surface area contributed by atoms with Gasteiger partial charge in [0, 0.05) is 13.1 Å². The van der Waals surface area contributed by atoms with Crippen molar-refractivity contribution in [1.29, 1.82) is 0 Å². The number of rotatable bonds is 4. The Bertz CT molecular complexity index is 515. The molecule has 106 valence electrons. The minimum atomic E-state index is -3.65. The molecular formula is C12H18N2O4S. The quantitative estimate of drug-likeness (QED) is 0.845. The van der Waals surface area contributed by atoms with Crippen LogP contribution in [0, 0.1) is 0 Å². The first-order chi connectivity index (χ1) is 8.95. The van der Waals surface area contributed by atoms with Crippen LogP contribution in [0.25, 0.3) is 0 Å². The number of hydrogen-bond donors (Lipinski definition) is 1. The molecule has 7 heteroatoms. The summed E-state index contributed by atoms with van der Waals surface area (Å²) in [6, 6.07) is 6.04. The van der Waals surface area contributed by atoms with E-state index < -0.39 is 10.0 Å². The van der Waals surface area contributed by atoms with Crippen LogP contribution in [0.3, 0.4) is 0 Å². The Balaban J connectivity index is 1.89. The van der Waals surface area contributed by atoms with Crippen molar-refractivity contribution in [2.24, 2.45) is 5.14 Å². The first kappa shape index (κ1) is 14.3. The van der Waals surface area contributed by atoms with Crippen molar-refractivity contribution in [2.45, 2.75) is 11.0 Å². The van der Waals surface area contributed by atoms with Crippen LogP contribution in [-0.2, 0) is 14.8 Å². The number of sulfonamides is 1. The third kappa shape index (κ3) is 4.17. The van der Waals surface area contributed by atoms with Gasteiger partial charge in [-0.15, -0.1) is 0 Å². The number of benzene rings is 1. The fourth-order valence-electron chi connectivity index (χ4n) is 1.88. The second-order valence-electron chi connectivity index (χ2n) is 4.58. The van der Waals surface area contributed by atoms with Crippen molar-refractivity contribution in [1.82, 2.24) is 4.90 Å². The Morgan fingerprint density at radius 2 is 2.11 bits per heavy atom. The summed E-state index contributed by atoms with van der Waals surface area (Å²) in [4.78, 5) is 2.26. The standard InChI is InChI=1S/C12H18N2O4S/c1-14-6-7-17-11(8-14)9-18-10-2-4-12(5-3-10)19(13,15)16/h2-5,11H,6-9H2,1H3,(H2,13,15,16). The van der Waals surface area contributed by atoms with Gasteiger partial charge in [-0.2, -0.15) is 0 Å². The van der Waals surface area contributed by atoms with Crippen LogP contribution in [0.4, 0.5) is 0 Å². The molecule has 0 aromatic heterocycles. The molecule has 1 saturated heterocycles. The van der Waals surface area contributed by atoms with Crippen LogP contribution in [-0.4, -0.2) is 52.8 Å². The Morgan fingerprint density at radius 1 is 1.42 bits per heavy atom. The highest BCUT2D eigenvalue weighted by atomic mass is 32.2. The molecule has 1 atom stereocenters. The predicted molar refractivity (Wildman–Crippen MR) is 70.5 cm³/mol. The van der Waals surface area contributed by atoms with Crippen molar-refractivity contribution in [3.63, 3.8) is 0 Å². The summed E-state index contributed by atoms with van der Waals surface area (Å²) in [7, 11) is -1.61. The number of hydrogen-bond acceptors (Lipinski definition) is 5. The first-order valence-electron chi connectivity index (χ1n) is 6.01. The molecule has 19 heavy (non-hydrogen) atoms. The van der Waals surface area contributed by atoms with Gasteiger partial charge in [-0.1, -0.05) is 0 Å². The molecule has 1 aliphatic rings. The fourth-order valence-corrected chi connectivity index (χ4v) is 2.40. The summed E-state index contributed by atoms with van der Waals surface area (Å²) in [6.45, 7) is 2.91. The summed E-state index contributed by atoms with van der Waals surface area (Å²) in [5.74, 6) is 0.601. The zero-order chi connectivity index (χ0) is 13.9. The van der Waals surface area contributed by atoms with Crippen LogP contribution in [0.2, 0.25) is 0 Å². The molecule has 1 heterocycles. The van der Waals surface area contributed by atoms with Gasteiger partial charge in [-0.25, -0.2) is 13.6 Å². The van der Waals surface area contributed by atoms with Crippen molar-refractivity contribution in [3.8, 4) is 5.75 Å². The lowest BCUT2D eigenvalue weighted by Gasteiger charge is -2.29. The molecule has 2 N–H and O–H groups in total. The van der Waals surface area contributed by atoms with E-state index in [0.29, 0.717) is 19.0 Å². The third-order valence-electron chi connectivity index (χ3n) is 2.93. The van der Waals surface area contributed by atoms with E-state index in [4.69, 9.17) is 14.6 Å². The molecule has 0 amide bonds. The maximum Gasteiger partial charge on any atom is 0.238 e. The molecular weight excluding hydrogens is 268 g/mol. The highest BCUT2D eigenvalue weighted by molar-refractivity contribution is 7.89. The lowest BCUT2D eigenvalue weighted by atomic mass is 10.3. The van der Waals surface area contributed by atoms with Gasteiger partial charge >= 0.3 is 0 Å². The Hall–Kier alpha value is -1.15. The summed E-state index contributed by atoms with van der Waals surface area (Å²) >= 11 is 0. The average Bonchev–Trinajstić information content (AvgIpc) is 2.36. The number of primary sulfonamides is 1. The van der Waals surface area contributed by atoms with E-state index >= 15 is 0 Å². The zero-order valence-corrected chi connectivity index (χ0v) is 11.6. The summed E-state index contributed by atoms with van der Waals surface area (Å²) in [5.41, 5.74) is 0. The molecule has 6 nitrogen and oxygen atoms in total. The SMILES string of the molecule is CN1CCOC(COc2ccc(S(N)(=O)=O)cc2)C1. The summed E-state index contributed by atoms with van der Waals surface area (Å²) in [6.07, 6.45) is 0.0386. The minimum absolute atomic E-state index is 0.0386. The molecule has 0 radical (unpaired) electrons. The van der Waals surface area contributed by atoms with E-state index in [0.717, 1.165) is 13.1 Å². The Kier molecular flexibility index (Phi) is 4.41. The van der Waals surface area contributed by atoms with Gasteiger partial charge < -0.3 is 14.4 Å². The van der Waals surface area contributed by atoms with Gasteiger partial charge in [-0.3, -0.25) is 0 Å². The van der Waals surface area contributed by atoms with E-state index in [9.17, 15) is 8.42 Å². The van der Waals surface area contributed by atoms with Gasteiger partial charge in [-0.05, 0) is 31.3 Å². The number of likely N-dealkylation sites (N-methyl/N-ethyl adjacent to an activating group) is 1. The maximum atomic E-state index is 11.1. The highest BCUT2D eigenvalue weighted by Gasteiger charge is 2.18. The monoisotopic (exact) mass is 286 g/mol. The van der Waals surface area contributed by atoms with Crippen LogP contribution in [0.15, 0.2) is 29.2 Å². The molecule has 0 spiro atoms. The second-order valence-corrected chi connectivity index (χ2v) is 6.14. The zero-order valence-electron chi connectivity index (χ0n) is 10.8. The van der Waals surface area contributed by atoms with Crippen molar-refractivity contribution in [2.75, 3.05) is 33.4 Å². The molecule has 0 saturated carbocycles. The normalized spacial score (nSPS) is 21.3. The van der Waals surface area contributed by atoms with E-state index in [2.05, 4.69) is 4.90 Å². The third-order valence-corrected chi connectivity index (χ3v) is 3.86. The molecule has 0 aliphatic carbocycles. The van der Waals surface area contributed by atoms with Crippen molar-refractivity contribution in [3.05, 3.63) is 24.3 Å². The van der Waals surface area contributed by atoms with Gasteiger partial charge in [0.25, 0.3) is 0 Å². The second kappa shape index (κ2) is 5.87. The van der Waals surface area contributed by atoms with Gasteiger partial charge in [0.15, 0.2) is 0 Å². The predicted octanol–water partition coefficient (Wildman–Crippen LogP) is 0.0434. The summed E-state index contributed by atoms with van der Waals surface area (Å²) in [5, 5.41) is 5.02. The molecule has 2 rings (SSSR count). The summed E-state index contributed by atoms with van der Waals surface area (Å²) < 4.78 is 33.3. The molecule has 1 aromatic carbocycles. The number of morpholine rings is 1. The smallest absolute Gasteiger partial charge is 0.238 e. The average molecular weight is 286 g/mol. The van der Waals surface area contributed by atoms with E-state index in [1.165, 1.54) is 12.1 Å². The van der Waals surface area contributed by atoms with E-state index in [1.807, 2.05) is 7.05 Å². The van der Waals surface area contributed by atoms with Gasteiger partial charge in [0.05, 0.1) is 11.5 Å². The highest BCUT2D eigenvalue weighted by Crippen LogP contribution is 2.15. The van der Waals surface area contributed by atoms with Crippen LogP contribution < -0.4 is 9.88 Å².